The van der Waals surface area contributed by atoms with Crippen molar-refractivity contribution in [1.29, 1.82) is 5.26 Å². The van der Waals surface area contributed by atoms with Crippen molar-refractivity contribution in [3.05, 3.63) is 23.8 Å². The summed E-state index contributed by atoms with van der Waals surface area (Å²) in [4.78, 5) is 11.5. The lowest BCUT2D eigenvalue weighted by Gasteiger charge is -2.10. The van der Waals surface area contributed by atoms with Crippen LogP contribution in [0.25, 0.3) is 0 Å². The lowest BCUT2D eigenvalue weighted by atomic mass is 10.1. The zero-order valence-electron chi connectivity index (χ0n) is 10.2. The summed E-state index contributed by atoms with van der Waals surface area (Å²) in [6, 6.07) is 6.68. The molecule has 0 radical (unpaired) electrons. The van der Waals surface area contributed by atoms with E-state index in [2.05, 4.69) is 0 Å². The zero-order chi connectivity index (χ0) is 12.8. The predicted molar refractivity (Wildman–Crippen MR) is 62.8 cm³/mol. The maximum absolute atomic E-state index is 11.5. The highest BCUT2D eigenvalue weighted by molar-refractivity contribution is 5.73. The van der Waals surface area contributed by atoms with Gasteiger partial charge in [0.15, 0.2) is 11.5 Å². The van der Waals surface area contributed by atoms with Crippen molar-refractivity contribution >= 4 is 5.97 Å². The van der Waals surface area contributed by atoms with Crippen LogP contribution in [0.4, 0.5) is 0 Å². The second-order valence-corrected chi connectivity index (χ2v) is 4.05. The van der Waals surface area contributed by atoms with Gasteiger partial charge in [-0.25, -0.2) is 0 Å². The molecule has 4 nitrogen and oxygen atoms in total. The quantitative estimate of drug-likeness (QED) is 0.592. The average Bonchev–Trinajstić information content (AvgIpc) is 2.28. The number of esters is 1. The van der Waals surface area contributed by atoms with Crippen molar-refractivity contribution < 1.29 is 14.3 Å². The first-order valence-corrected chi connectivity index (χ1v) is 5.35. The van der Waals surface area contributed by atoms with Crippen molar-refractivity contribution in [3.8, 4) is 17.6 Å². The monoisotopic (exact) mass is 233 g/mol. The summed E-state index contributed by atoms with van der Waals surface area (Å²) < 4.78 is 10.2. The summed E-state index contributed by atoms with van der Waals surface area (Å²) in [6.07, 6.45) is 0.350. The van der Waals surface area contributed by atoms with E-state index in [0.717, 1.165) is 0 Å². The minimum atomic E-state index is -0.303. The third-order valence-electron chi connectivity index (χ3n) is 2.09. The van der Waals surface area contributed by atoms with Crippen LogP contribution in [0.3, 0.4) is 0 Å². The van der Waals surface area contributed by atoms with Gasteiger partial charge in [-0.1, -0.05) is 13.8 Å². The summed E-state index contributed by atoms with van der Waals surface area (Å²) in [6.45, 7) is 3.88. The molecule has 1 aromatic carbocycles. The number of hydrogen-bond acceptors (Lipinski definition) is 4. The molecular formula is C13H15NO3. The van der Waals surface area contributed by atoms with Gasteiger partial charge in [0.25, 0.3) is 0 Å². The first kappa shape index (κ1) is 13.0. The number of ether oxygens (including phenoxy) is 2. The fourth-order valence-electron chi connectivity index (χ4n) is 1.32. The summed E-state index contributed by atoms with van der Waals surface area (Å²) in [5.74, 6) is 0.674. The van der Waals surface area contributed by atoms with Gasteiger partial charge in [-0.15, -0.1) is 0 Å². The Balaban J connectivity index is 2.84. The molecule has 17 heavy (non-hydrogen) atoms. The fourth-order valence-corrected chi connectivity index (χ4v) is 1.32. The second-order valence-electron chi connectivity index (χ2n) is 4.05. The molecule has 1 aromatic rings. The first-order valence-electron chi connectivity index (χ1n) is 5.35. The number of hydrogen-bond donors (Lipinski definition) is 0. The lowest BCUT2D eigenvalue weighted by Crippen LogP contribution is -2.11. The molecule has 0 spiro atoms. The van der Waals surface area contributed by atoms with Crippen LogP contribution in [0.5, 0.6) is 11.5 Å². The molecule has 0 unspecified atom stereocenters. The zero-order valence-corrected chi connectivity index (χ0v) is 10.2. The lowest BCUT2D eigenvalue weighted by molar-refractivity contribution is -0.135. The van der Waals surface area contributed by atoms with Gasteiger partial charge in [0.2, 0.25) is 0 Å². The number of carbonyl (C=O) groups is 1. The summed E-state index contributed by atoms with van der Waals surface area (Å²) in [5, 5.41) is 8.74. The number of methoxy groups -OCH3 is 1. The Hall–Kier alpha value is -2.02. The predicted octanol–water partition coefficient (Wildman–Crippen LogP) is 2.52. The van der Waals surface area contributed by atoms with Gasteiger partial charge in [0, 0.05) is 12.5 Å². The van der Waals surface area contributed by atoms with Crippen molar-refractivity contribution in [3.63, 3.8) is 0 Å². The number of rotatable bonds is 4. The minimum absolute atomic E-state index is 0.242. The number of nitrogens with zero attached hydrogens (tertiary/aromatic N) is 1. The van der Waals surface area contributed by atoms with E-state index in [0.29, 0.717) is 23.5 Å². The van der Waals surface area contributed by atoms with Crippen LogP contribution < -0.4 is 9.47 Å². The van der Waals surface area contributed by atoms with Crippen LogP contribution in [-0.4, -0.2) is 13.1 Å². The minimum Gasteiger partial charge on any atom is -0.493 e. The molecule has 0 fully saturated rings. The Labute approximate surface area is 101 Å². The molecule has 4 heteroatoms. The molecule has 0 heterocycles. The second kappa shape index (κ2) is 5.90. The maximum atomic E-state index is 11.5. The van der Waals surface area contributed by atoms with Crippen LogP contribution in [0.1, 0.15) is 25.8 Å². The molecule has 0 aliphatic heterocycles. The van der Waals surface area contributed by atoms with E-state index in [4.69, 9.17) is 14.7 Å². The van der Waals surface area contributed by atoms with Crippen LogP contribution in [0.15, 0.2) is 18.2 Å². The Morgan fingerprint density at radius 1 is 1.41 bits per heavy atom. The molecular weight excluding hydrogens is 218 g/mol. The largest absolute Gasteiger partial charge is 0.493 e. The Kier molecular flexibility index (Phi) is 4.53. The van der Waals surface area contributed by atoms with E-state index >= 15 is 0 Å². The van der Waals surface area contributed by atoms with Crippen LogP contribution in [0.2, 0.25) is 0 Å². The molecule has 0 saturated carbocycles. The van der Waals surface area contributed by atoms with E-state index in [-0.39, 0.29) is 11.9 Å². The highest BCUT2D eigenvalue weighted by atomic mass is 16.6. The van der Waals surface area contributed by atoms with Crippen molar-refractivity contribution in [2.45, 2.75) is 20.3 Å². The highest BCUT2D eigenvalue weighted by Gasteiger charge is 2.12. The third kappa shape index (κ3) is 3.80. The van der Waals surface area contributed by atoms with Crippen molar-refractivity contribution in [1.82, 2.24) is 0 Å². The molecule has 0 aromatic heterocycles. The van der Waals surface area contributed by atoms with Crippen molar-refractivity contribution in [2.75, 3.05) is 7.11 Å². The van der Waals surface area contributed by atoms with Gasteiger partial charge in [0.05, 0.1) is 18.7 Å². The van der Waals surface area contributed by atoms with E-state index in [1.54, 1.807) is 12.1 Å². The topological polar surface area (TPSA) is 59.3 Å². The molecule has 0 bridgehead atoms. The third-order valence-corrected chi connectivity index (χ3v) is 2.09. The number of carbonyl (C=O) groups excluding carboxylic acids is 1. The fraction of sp³-hybridized carbons (Fsp3) is 0.385. The summed E-state index contributed by atoms with van der Waals surface area (Å²) in [5.41, 5.74) is 0.463. The van der Waals surface area contributed by atoms with Gasteiger partial charge in [-0.2, -0.15) is 5.26 Å². The molecule has 1 rings (SSSR count). The number of nitriles is 1. The first-order chi connectivity index (χ1) is 8.06. The van der Waals surface area contributed by atoms with Gasteiger partial charge < -0.3 is 9.47 Å². The smallest absolute Gasteiger partial charge is 0.311 e. The SMILES string of the molecule is COc1cc(C#N)ccc1OC(=O)CC(C)C. The van der Waals surface area contributed by atoms with Gasteiger partial charge in [0.1, 0.15) is 0 Å². The van der Waals surface area contributed by atoms with Crippen LogP contribution in [0, 0.1) is 17.2 Å². The molecule has 0 N–H and O–H groups in total. The molecule has 0 amide bonds. The maximum Gasteiger partial charge on any atom is 0.311 e. The van der Waals surface area contributed by atoms with Gasteiger partial charge in [-0.3, -0.25) is 4.79 Å². The highest BCUT2D eigenvalue weighted by Crippen LogP contribution is 2.28. The van der Waals surface area contributed by atoms with Gasteiger partial charge >= 0.3 is 5.97 Å². The normalized spacial score (nSPS) is 9.82. The molecule has 0 aliphatic carbocycles. The molecule has 0 atom stereocenters. The summed E-state index contributed by atoms with van der Waals surface area (Å²) >= 11 is 0. The Bertz CT molecular complexity index is 446. The molecule has 90 valence electrons. The van der Waals surface area contributed by atoms with Crippen molar-refractivity contribution in [2.24, 2.45) is 5.92 Å². The molecule has 0 saturated heterocycles. The van der Waals surface area contributed by atoms with Crippen LogP contribution in [-0.2, 0) is 4.79 Å². The van der Waals surface area contributed by atoms with Gasteiger partial charge in [-0.05, 0) is 18.1 Å². The van der Waals surface area contributed by atoms with E-state index in [9.17, 15) is 4.79 Å². The molecule has 0 aliphatic rings. The average molecular weight is 233 g/mol. The van der Waals surface area contributed by atoms with Crippen LogP contribution >= 0.6 is 0 Å². The Morgan fingerprint density at radius 3 is 2.65 bits per heavy atom. The Morgan fingerprint density at radius 2 is 2.12 bits per heavy atom. The van der Waals surface area contributed by atoms with E-state index < -0.39 is 0 Å². The standard InChI is InChI=1S/C13H15NO3/c1-9(2)6-13(15)17-11-5-4-10(8-14)7-12(11)16-3/h4-5,7,9H,6H2,1-3H3. The summed E-state index contributed by atoms with van der Waals surface area (Å²) in [7, 11) is 1.47. The van der Waals surface area contributed by atoms with E-state index in [1.165, 1.54) is 13.2 Å². The van der Waals surface area contributed by atoms with E-state index in [1.807, 2.05) is 19.9 Å². The number of benzene rings is 1.